The SMILES string of the molecule is NC(=O)CC(NC(=O)C(N)Cc1ccccc1)C(=O)NCC(=O)NC(CS)C(=O)O. The quantitative estimate of drug-likeness (QED) is 0.175. The zero-order valence-corrected chi connectivity index (χ0v) is 16.9. The van der Waals surface area contributed by atoms with Gasteiger partial charge in [-0.05, 0) is 12.0 Å². The van der Waals surface area contributed by atoms with Crippen molar-refractivity contribution in [2.75, 3.05) is 12.3 Å². The molecule has 0 fully saturated rings. The molecule has 3 atom stereocenters. The highest BCUT2D eigenvalue weighted by molar-refractivity contribution is 7.80. The molecule has 0 aliphatic carbocycles. The van der Waals surface area contributed by atoms with E-state index in [1.54, 1.807) is 24.3 Å². The summed E-state index contributed by atoms with van der Waals surface area (Å²) in [4.78, 5) is 58.5. The van der Waals surface area contributed by atoms with Crippen molar-refractivity contribution >= 4 is 42.2 Å². The first-order valence-electron chi connectivity index (χ1n) is 8.93. The highest BCUT2D eigenvalue weighted by atomic mass is 32.1. The average Bonchev–Trinajstić information content (AvgIpc) is 2.69. The highest BCUT2D eigenvalue weighted by Gasteiger charge is 2.26. The van der Waals surface area contributed by atoms with Crippen LogP contribution in [0.25, 0.3) is 0 Å². The second-order valence-electron chi connectivity index (χ2n) is 6.39. The number of rotatable bonds is 12. The van der Waals surface area contributed by atoms with Crippen LogP contribution in [0.3, 0.4) is 0 Å². The maximum absolute atomic E-state index is 12.3. The van der Waals surface area contributed by atoms with Crippen LogP contribution in [0.1, 0.15) is 12.0 Å². The van der Waals surface area contributed by atoms with E-state index in [9.17, 15) is 24.0 Å². The van der Waals surface area contributed by atoms with Crippen molar-refractivity contribution in [3.63, 3.8) is 0 Å². The molecule has 0 radical (unpaired) electrons. The number of carbonyl (C=O) groups is 5. The molecule has 4 amide bonds. The number of hydrogen-bond donors (Lipinski definition) is 7. The molecule has 12 heteroatoms. The van der Waals surface area contributed by atoms with Crippen LogP contribution in [0.5, 0.6) is 0 Å². The molecule has 8 N–H and O–H groups in total. The molecule has 1 rings (SSSR count). The Morgan fingerprint density at radius 2 is 1.63 bits per heavy atom. The van der Waals surface area contributed by atoms with E-state index in [-0.39, 0.29) is 12.2 Å². The molecule has 0 heterocycles. The molecular formula is C18H25N5O6S. The molecule has 0 aliphatic heterocycles. The van der Waals surface area contributed by atoms with Crippen molar-refractivity contribution in [1.29, 1.82) is 0 Å². The predicted octanol–water partition coefficient (Wildman–Crippen LogP) is -2.47. The summed E-state index contributed by atoms with van der Waals surface area (Å²) < 4.78 is 0. The molecule has 0 spiro atoms. The van der Waals surface area contributed by atoms with Crippen LogP contribution in [0.15, 0.2) is 30.3 Å². The van der Waals surface area contributed by atoms with Crippen molar-refractivity contribution in [3.05, 3.63) is 35.9 Å². The molecule has 0 bridgehead atoms. The third kappa shape index (κ3) is 8.92. The van der Waals surface area contributed by atoms with E-state index >= 15 is 0 Å². The minimum Gasteiger partial charge on any atom is -0.480 e. The molecule has 1 aromatic rings. The first-order valence-corrected chi connectivity index (χ1v) is 9.56. The lowest BCUT2D eigenvalue weighted by Crippen LogP contribution is -2.54. The predicted molar refractivity (Wildman–Crippen MR) is 110 cm³/mol. The van der Waals surface area contributed by atoms with Crippen molar-refractivity contribution in [2.45, 2.75) is 31.0 Å². The Morgan fingerprint density at radius 3 is 2.17 bits per heavy atom. The summed E-state index contributed by atoms with van der Waals surface area (Å²) >= 11 is 3.81. The lowest BCUT2D eigenvalue weighted by atomic mass is 10.1. The first-order chi connectivity index (χ1) is 14.1. The van der Waals surface area contributed by atoms with Crippen molar-refractivity contribution < 1.29 is 29.1 Å². The van der Waals surface area contributed by atoms with Crippen molar-refractivity contribution in [1.82, 2.24) is 16.0 Å². The third-order valence-electron chi connectivity index (χ3n) is 3.91. The number of carboxylic acids is 1. The van der Waals surface area contributed by atoms with Crippen LogP contribution in [0.2, 0.25) is 0 Å². The topological polar surface area (TPSA) is 194 Å². The summed E-state index contributed by atoms with van der Waals surface area (Å²) in [5.41, 5.74) is 11.8. The number of benzene rings is 1. The Balaban J connectivity index is 2.65. The van der Waals surface area contributed by atoms with Crippen molar-refractivity contribution in [3.8, 4) is 0 Å². The van der Waals surface area contributed by atoms with Crippen molar-refractivity contribution in [2.24, 2.45) is 11.5 Å². The van der Waals surface area contributed by atoms with Gasteiger partial charge in [-0.3, -0.25) is 19.2 Å². The number of thiol groups is 1. The van der Waals surface area contributed by atoms with Crippen LogP contribution in [0.4, 0.5) is 0 Å². The van der Waals surface area contributed by atoms with Gasteiger partial charge >= 0.3 is 5.97 Å². The number of nitrogens with one attached hydrogen (secondary N) is 3. The molecule has 0 aromatic heterocycles. The van der Waals surface area contributed by atoms with Gasteiger partial charge in [-0.1, -0.05) is 30.3 Å². The summed E-state index contributed by atoms with van der Waals surface area (Å²) in [6, 6.07) is 5.41. The van der Waals surface area contributed by atoms with Gasteiger partial charge in [0.1, 0.15) is 12.1 Å². The third-order valence-corrected chi connectivity index (χ3v) is 4.28. The number of carbonyl (C=O) groups excluding carboxylic acids is 4. The number of primary amides is 1. The molecule has 30 heavy (non-hydrogen) atoms. The Labute approximate surface area is 178 Å². The van der Waals surface area contributed by atoms with Gasteiger partial charge in [0.25, 0.3) is 0 Å². The maximum atomic E-state index is 12.3. The summed E-state index contributed by atoms with van der Waals surface area (Å²) in [5, 5.41) is 15.6. The Hall–Kier alpha value is -3.12. The Bertz CT molecular complexity index is 776. The standard InChI is InChI=1S/C18H25N5O6S/c19-11(6-10-4-2-1-3-5-10)16(26)23-12(7-14(20)24)17(27)21-8-15(25)22-13(9-30)18(28)29/h1-5,11-13,30H,6-9,19H2,(H2,20,24)(H,21,27)(H,22,25)(H,23,26)(H,28,29). The van der Waals surface area contributed by atoms with Gasteiger partial charge in [-0.2, -0.15) is 12.6 Å². The number of aliphatic carboxylic acids is 1. The van der Waals surface area contributed by atoms with Gasteiger partial charge in [0, 0.05) is 5.75 Å². The molecule has 0 saturated carbocycles. The minimum atomic E-state index is -1.34. The van der Waals surface area contributed by atoms with Gasteiger partial charge in [-0.25, -0.2) is 4.79 Å². The van der Waals surface area contributed by atoms with Crippen LogP contribution in [0, 0.1) is 0 Å². The number of amides is 4. The summed E-state index contributed by atoms with van der Waals surface area (Å²) in [6.07, 6.45) is -0.300. The monoisotopic (exact) mass is 439 g/mol. The van der Waals surface area contributed by atoms with E-state index in [1.807, 2.05) is 6.07 Å². The van der Waals surface area contributed by atoms with Crippen LogP contribution < -0.4 is 27.4 Å². The molecule has 1 aromatic carbocycles. The molecule has 0 saturated heterocycles. The van der Waals surface area contributed by atoms with Gasteiger partial charge in [0.05, 0.1) is 19.0 Å². The molecule has 0 aliphatic rings. The highest BCUT2D eigenvalue weighted by Crippen LogP contribution is 2.03. The molecule has 164 valence electrons. The van der Waals surface area contributed by atoms with Crippen LogP contribution in [-0.2, 0) is 30.4 Å². The minimum absolute atomic E-state index is 0.144. The van der Waals surface area contributed by atoms with Gasteiger partial charge in [-0.15, -0.1) is 0 Å². The number of nitrogens with two attached hydrogens (primary N) is 2. The maximum Gasteiger partial charge on any atom is 0.327 e. The smallest absolute Gasteiger partial charge is 0.327 e. The number of hydrogen-bond acceptors (Lipinski definition) is 7. The number of carboxylic acid groups (broad SMARTS) is 1. The van der Waals surface area contributed by atoms with E-state index < -0.39 is 60.7 Å². The normalized spacial score (nSPS) is 13.4. The second-order valence-corrected chi connectivity index (χ2v) is 6.75. The molecule has 3 unspecified atom stereocenters. The fraction of sp³-hybridized carbons (Fsp3) is 0.389. The Morgan fingerprint density at radius 1 is 1.00 bits per heavy atom. The van der Waals surface area contributed by atoms with Gasteiger partial charge in [0.2, 0.25) is 23.6 Å². The van der Waals surface area contributed by atoms with Crippen LogP contribution >= 0.6 is 12.6 Å². The average molecular weight is 439 g/mol. The summed E-state index contributed by atoms with van der Waals surface area (Å²) in [6.45, 7) is -0.572. The second kappa shape index (κ2) is 12.4. The van der Waals surface area contributed by atoms with E-state index in [4.69, 9.17) is 16.6 Å². The van der Waals surface area contributed by atoms with Gasteiger partial charge in [0.15, 0.2) is 0 Å². The molecular weight excluding hydrogens is 414 g/mol. The van der Waals surface area contributed by atoms with E-state index in [1.165, 1.54) is 0 Å². The van der Waals surface area contributed by atoms with Crippen LogP contribution in [-0.4, -0.2) is 65.1 Å². The van der Waals surface area contributed by atoms with E-state index in [0.29, 0.717) is 0 Å². The summed E-state index contributed by atoms with van der Waals surface area (Å²) in [7, 11) is 0. The first kappa shape index (κ1) is 24.9. The van der Waals surface area contributed by atoms with E-state index in [2.05, 4.69) is 28.6 Å². The summed E-state index contributed by atoms with van der Waals surface area (Å²) in [5.74, 6) is -4.58. The fourth-order valence-electron chi connectivity index (χ4n) is 2.37. The zero-order valence-electron chi connectivity index (χ0n) is 16.0. The molecule has 11 nitrogen and oxygen atoms in total. The lowest BCUT2D eigenvalue weighted by molar-refractivity contribution is -0.141. The fourth-order valence-corrected chi connectivity index (χ4v) is 2.62. The zero-order chi connectivity index (χ0) is 22.7. The largest absolute Gasteiger partial charge is 0.480 e. The Kier molecular flexibility index (Phi) is 10.3. The van der Waals surface area contributed by atoms with Gasteiger partial charge < -0.3 is 32.5 Å². The lowest BCUT2D eigenvalue weighted by Gasteiger charge is -2.20. The van der Waals surface area contributed by atoms with E-state index in [0.717, 1.165) is 5.56 Å².